The Morgan fingerprint density at radius 3 is 2.39 bits per heavy atom. The Labute approximate surface area is 133 Å². The zero-order valence-corrected chi connectivity index (χ0v) is 12.9. The summed E-state index contributed by atoms with van der Waals surface area (Å²) in [5.41, 5.74) is 0.276. The van der Waals surface area contributed by atoms with Crippen LogP contribution in [-0.4, -0.2) is 20.9 Å². The average molecular weight is 334 g/mol. The summed E-state index contributed by atoms with van der Waals surface area (Å²) in [6.07, 6.45) is 1.42. The number of carbonyl (C=O) groups excluding carboxylic acids is 1. The number of sulfonamides is 1. The highest BCUT2D eigenvalue weighted by atomic mass is 32.2. The number of halogens is 1. The van der Waals surface area contributed by atoms with Crippen LogP contribution in [0.5, 0.6) is 0 Å². The summed E-state index contributed by atoms with van der Waals surface area (Å²) in [6.45, 7) is 3.54. The van der Waals surface area contributed by atoms with Gasteiger partial charge in [0.25, 0.3) is 5.91 Å². The molecule has 5 nitrogen and oxygen atoms in total. The molecular formula is C16H15FN2O3S. The quantitative estimate of drug-likeness (QED) is 0.797. The number of benzene rings is 2. The van der Waals surface area contributed by atoms with E-state index in [4.69, 9.17) is 0 Å². The minimum absolute atomic E-state index is 0.0294. The molecule has 0 heterocycles. The van der Waals surface area contributed by atoms with E-state index < -0.39 is 21.7 Å². The lowest BCUT2D eigenvalue weighted by atomic mass is 10.2. The fourth-order valence-corrected chi connectivity index (χ4v) is 2.79. The maximum Gasteiger partial charge on any atom is 0.255 e. The molecule has 0 aliphatic rings. The number of anilines is 1. The zero-order valence-electron chi connectivity index (χ0n) is 12.1. The molecule has 0 atom stereocenters. The van der Waals surface area contributed by atoms with Gasteiger partial charge < -0.3 is 5.32 Å². The van der Waals surface area contributed by atoms with Crippen molar-refractivity contribution in [3.8, 4) is 0 Å². The van der Waals surface area contributed by atoms with Gasteiger partial charge in [-0.1, -0.05) is 18.2 Å². The van der Waals surface area contributed by atoms with Crippen molar-refractivity contribution in [2.45, 2.75) is 4.90 Å². The largest absolute Gasteiger partial charge is 0.319 e. The number of amides is 1. The lowest BCUT2D eigenvalue weighted by Gasteiger charge is -2.08. The summed E-state index contributed by atoms with van der Waals surface area (Å²) < 4.78 is 39.6. The Morgan fingerprint density at radius 2 is 1.78 bits per heavy atom. The zero-order chi connectivity index (χ0) is 16.9. The number of carbonyl (C=O) groups is 1. The molecule has 0 saturated carbocycles. The highest BCUT2D eigenvalue weighted by Crippen LogP contribution is 2.15. The monoisotopic (exact) mass is 334 g/mol. The molecule has 0 saturated heterocycles. The summed E-state index contributed by atoms with van der Waals surface area (Å²) in [4.78, 5) is 12.1. The van der Waals surface area contributed by atoms with Gasteiger partial charge in [-0.05, 0) is 36.4 Å². The van der Waals surface area contributed by atoms with Gasteiger partial charge in [-0.3, -0.25) is 4.79 Å². The molecule has 0 fully saturated rings. The molecule has 0 aromatic heterocycles. The second kappa shape index (κ2) is 7.17. The maximum absolute atomic E-state index is 13.5. The van der Waals surface area contributed by atoms with E-state index in [1.54, 1.807) is 6.07 Å². The first-order valence-electron chi connectivity index (χ1n) is 6.70. The number of rotatable bonds is 6. The van der Waals surface area contributed by atoms with E-state index in [-0.39, 0.29) is 22.7 Å². The smallest absolute Gasteiger partial charge is 0.255 e. The minimum Gasteiger partial charge on any atom is -0.319 e. The number of hydrogen-bond acceptors (Lipinski definition) is 3. The van der Waals surface area contributed by atoms with Gasteiger partial charge >= 0.3 is 0 Å². The molecule has 2 rings (SSSR count). The first-order chi connectivity index (χ1) is 10.9. The fourth-order valence-electron chi connectivity index (χ4n) is 1.79. The summed E-state index contributed by atoms with van der Waals surface area (Å²) in [6, 6.07) is 11.1. The highest BCUT2D eigenvalue weighted by molar-refractivity contribution is 7.89. The maximum atomic E-state index is 13.5. The third kappa shape index (κ3) is 4.24. The molecule has 0 unspecified atom stereocenters. The first-order valence-corrected chi connectivity index (χ1v) is 8.19. The van der Waals surface area contributed by atoms with E-state index in [0.717, 1.165) is 0 Å². The van der Waals surface area contributed by atoms with Crippen molar-refractivity contribution in [2.24, 2.45) is 0 Å². The molecule has 0 radical (unpaired) electrons. The molecule has 1 amide bonds. The van der Waals surface area contributed by atoms with Crippen LogP contribution in [0.2, 0.25) is 0 Å². The second-order valence-corrected chi connectivity index (χ2v) is 6.37. The Bertz CT molecular complexity index is 817. The van der Waals surface area contributed by atoms with Crippen LogP contribution in [0.4, 0.5) is 10.1 Å². The van der Waals surface area contributed by atoms with Gasteiger partial charge in [0.05, 0.1) is 10.6 Å². The van der Waals surface area contributed by atoms with Crippen molar-refractivity contribution < 1.29 is 17.6 Å². The van der Waals surface area contributed by atoms with Crippen LogP contribution in [0.15, 0.2) is 66.1 Å². The van der Waals surface area contributed by atoms with Gasteiger partial charge in [-0.25, -0.2) is 17.5 Å². The third-order valence-electron chi connectivity index (χ3n) is 2.97. The lowest BCUT2D eigenvalue weighted by molar-refractivity contribution is 0.102. The standard InChI is InChI=1S/C16H15FN2O3S/c1-2-11-18-23(21,22)13-9-7-12(8-10-13)16(20)19-15-6-4-3-5-14(15)17/h2-10,18H,1,11H2,(H,19,20). The van der Waals surface area contributed by atoms with E-state index in [2.05, 4.69) is 16.6 Å². The number of para-hydroxylation sites is 1. The van der Waals surface area contributed by atoms with Crippen molar-refractivity contribution in [1.29, 1.82) is 0 Å². The van der Waals surface area contributed by atoms with Crippen molar-refractivity contribution in [2.75, 3.05) is 11.9 Å². The van der Waals surface area contributed by atoms with Gasteiger partial charge in [0.15, 0.2) is 0 Å². The van der Waals surface area contributed by atoms with Crippen molar-refractivity contribution in [1.82, 2.24) is 4.72 Å². The van der Waals surface area contributed by atoms with Crippen LogP contribution in [0.3, 0.4) is 0 Å². The molecule has 0 spiro atoms. The second-order valence-electron chi connectivity index (χ2n) is 4.60. The van der Waals surface area contributed by atoms with Crippen molar-refractivity contribution in [3.05, 3.63) is 72.6 Å². The van der Waals surface area contributed by atoms with E-state index in [1.165, 1.54) is 48.5 Å². The molecule has 2 aromatic carbocycles. The van der Waals surface area contributed by atoms with Crippen LogP contribution in [-0.2, 0) is 10.0 Å². The summed E-state index contributed by atoms with van der Waals surface area (Å²) in [5, 5.41) is 2.43. The molecule has 0 aliphatic heterocycles. The van der Waals surface area contributed by atoms with Gasteiger partial charge in [0.1, 0.15) is 5.82 Å². The predicted octanol–water partition coefficient (Wildman–Crippen LogP) is 2.54. The Balaban J connectivity index is 2.15. The Kier molecular flexibility index (Phi) is 5.25. The van der Waals surface area contributed by atoms with Crippen LogP contribution < -0.4 is 10.0 Å². The Hall–Kier alpha value is -2.51. The topological polar surface area (TPSA) is 75.3 Å². The molecule has 0 bridgehead atoms. The van der Waals surface area contributed by atoms with Crippen LogP contribution in [0.1, 0.15) is 10.4 Å². The number of nitrogens with one attached hydrogen (secondary N) is 2. The lowest BCUT2D eigenvalue weighted by Crippen LogP contribution is -2.23. The molecule has 2 N–H and O–H groups in total. The van der Waals surface area contributed by atoms with E-state index in [0.29, 0.717) is 0 Å². The van der Waals surface area contributed by atoms with Crippen molar-refractivity contribution in [3.63, 3.8) is 0 Å². The van der Waals surface area contributed by atoms with Gasteiger partial charge in [-0.15, -0.1) is 6.58 Å². The van der Waals surface area contributed by atoms with E-state index >= 15 is 0 Å². The SMILES string of the molecule is C=CCNS(=O)(=O)c1ccc(C(=O)Nc2ccccc2F)cc1. The van der Waals surface area contributed by atoms with E-state index in [1.807, 2.05) is 0 Å². The van der Waals surface area contributed by atoms with E-state index in [9.17, 15) is 17.6 Å². The van der Waals surface area contributed by atoms with Crippen LogP contribution >= 0.6 is 0 Å². The molecule has 2 aromatic rings. The predicted molar refractivity (Wildman–Crippen MR) is 86.2 cm³/mol. The van der Waals surface area contributed by atoms with Gasteiger partial charge in [0, 0.05) is 12.1 Å². The van der Waals surface area contributed by atoms with Crippen LogP contribution in [0, 0.1) is 5.82 Å². The normalized spacial score (nSPS) is 11.0. The highest BCUT2D eigenvalue weighted by Gasteiger charge is 2.14. The van der Waals surface area contributed by atoms with Gasteiger partial charge in [-0.2, -0.15) is 0 Å². The summed E-state index contributed by atoms with van der Waals surface area (Å²) in [5.74, 6) is -1.08. The minimum atomic E-state index is -3.64. The first kappa shape index (κ1) is 16.9. The molecular weight excluding hydrogens is 319 g/mol. The summed E-state index contributed by atoms with van der Waals surface area (Å²) in [7, 11) is -3.64. The summed E-state index contributed by atoms with van der Waals surface area (Å²) >= 11 is 0. The Morgan fingerprint density at radius 1 is 1.13 bits per heavy atom. The number of hydrogen-bond donors (Lipinski definition) is 2. The fraction of sp³-hybridized carbons (Fsp3) is 0.0625. The molecule has 23 heavy (non-hydrogen) atoms. The molecule has 0 aliphatic carbocycles. The van der Waals surface area contributed by atoms with Crippen molar-refractivity contribution >= 4 is 21.6 Å². The average Bonchev–Trinajstić information content (AvgIpc) is 2.55. The third-order valence-corrected chi connectivity index (χ3v) is 4.41. The van der Waals surface area contributed by atoms with Gasteiger partial charge in [0.2, 0.25) is 10.0 Å². The van der Waals surface area contributed by atoms with Crippen LogP contribution in [0.25, 0.3) is 0 Å². The molecule has 7 heteroatoms. The molecule has 120 valence electrons.